The molecule has 1 fully saturated rings. The van der Waals surface area contributed by atoms with Crippen LogP contribution in [-0.4, -0.2) is 34.3 Å². The van der Waals surface area contributed by atoms with E-state index >= 15 is 0 Å². The Morgan fingerprint density at radius 3 is 2.85 bits per heavy atom. The van der Waals surface area contributed by atoms with Crippen LogP contribution in [0, 0.1) is 0 Å². The Balaban J connectivity index is 2.10. The smallest absolute Gasteiger partial charge is 0.147 e. The van der Waals surface area contributed by atoms with E-state index in [0.29, 0.717) is 12.6 Å². The van der Waals surface area contributed by atoms with Crippen LogP contribution >= 0.6 is 0 Å². The van der Waals surface area contributed by atoms with Crippen LogP contribution in [0.2, 0.25) is 0 Å². The zero-order valence-electron chi connectivity index (χ0n) is 7.43. The molecule has 1 aliphatic carbocycles. The van der Waals surface area contributed by atoms with Crippen molar-refractivity contribution in [3.8, 4) is 0 Å². The van der Waals surface area contributed by atoms with Crippen molar-refractivity contribution in [3.05, 3.63) is 18.6 Å². The van der Waals surface area contributed by atoms with Gasteiger partial charge in [-0.1, -0.05) is 0 Å². The highest BCUT2D eigenvalue weighted by Crippen LogP contribution is 2.29. The summed E-state index contributed by atoms with van der Waals surface area (Å²) in [6.45, 7) is 0.830. The molecule has 13 heavy (non-hydrogen) atoms. The molecular formula is C9H13N3O. The van der Waals surface area contributed by atoms with Gasteiger partial charge in [-0.3, -0.25) is 4.98 Å². The molecule has 0 bridgehead atoms. The minimum atomic E-state index is 0.174. The van der Waals surface area contributed by atoms with E-state index in [9.17, 15) is 0 Å². The minimum Gasteiger partial charge on any atom is -0.395 e. The number of aliphatic hydroxyl groups is 1. The molecule has 0 aromatic carbocycles. The van der Waals surface area contributed by atoms with Gasteiger partial charge in [0.1, 0.15) is 5.82 Å². The van der Waals surface area contributed by atoms with Crippen molar-refractivity contribution in [2.75, 3.05) is 18.1 Å². The predicted octanol–water partition coefficient (Wildman–Crippen LogP) is 0.438. The van der Waals surface area contributed by atoms with Crippen LogP contribution in [-0.2, 0) is 0 Å². The lowest BCUT2D eigenvalue weighted by Gasteiger charge is -2.21. The molecule has 2 rings (SSSR count). The van der Waals surface area contributed by atoms with Crippen LogP contribution in [0.15, 0.2) is 18.6 Å². The molecule has 0 saturated heterocycles. The average Bonchev–Trinajstić information content (AvgIpc) is 2.99. The Labute approximate surface area is 77.2 Å². The summed E-state index contributed by atoms with van der Waals surface area (Å²) in [5.74, 6) is 0.874. The lowest BCUT2D eigenvalue weighted by atomic mass is 10.4. The van der Waals surface area contributed by atoms with Gasteiger partial charge in [-0.25, -0.2) is 4.98 Å². The summed E-state index contributed by atoms with van der Waals surface area (Å²) in [5.41, 5.74) is 0. The van der Waals surface area contributed by atoms with Crippen molar-refractivity contribution < 1.29 is 5.11 Å². The minimum absolute atomic E-state index is 0.174. The molecule has 0 amide bonds. The SMILES string of the molecule is OCCN(c1cnccn1)C1CC1. The first-order chi connectivity index (χ1) is 6.42. The Bertz CT molecular complexity index is 261. The van der Waals surface area contributed by atoms with Gasteiger partial charge in [0.2, 0.25) is 0 Å². The summed E-state index contributed by atoms with van der Waals surface area (Å²) < 4.78 is 0. The van der Waals surface area contributed by atoms with E-state index in [4.69, 9.17) is 5.11 Å². The summed E-state index contributed by atoms with van der Waals surface area (Å²) in [6.07, 6.45) is 7.50. The number of rotatable bonds is 4. The molecule has 0 unspecified atom stereocenters. The molecule has 1 saturated carbocycles. The Morgan fingerprint density at radius 1 is 1.46 bits per heavy atom. The number of anilines is 1. The van der Waals surface area contributed by atoms with E-state index in [1.54, 1.807) is 18.6 Å². The second-order valence-electron chi connectivity index (χ2n) is 3.21. The van der Waals surface area contributed by atoms with Crippen LogP contribution in [0.4, 0.5) is 5.82 Å². The second kappa shape index (κ2) is 3.70. The first kappa shape index (κ1) is 8.44. The van der Waals surface area contributed by atoms with Crippen LogP contribution < -0.4 is 4.90 Å². The fourth-order valence-corrected chi connectivity index (χ4v) is 1.42. The molecule has 0 atom stereocenters. The molecule has 1 N–H and O–H groups in total. The molecule has 70 valence electrons. The largest absolute Gasteiger partial charge is 0.395 e. The van der Waals surface area contributed by atoms with E-state index < -0.39 is 0 Å². The number of aromatic nitrogens is 2. The molecule has 1 aromatic rings. The average molecular weight is 179 g/mol. The number of nitrogens with zero attached hydrogens (tertiary/aromatic N) is 3. The monoisotopic (exact) mass is 179 g/mol. The third-order valence-electron chi connectivity index (χ3n) is 2.17. The molecular weight excluding hydrogens is 166 g/mol. The third kappa shape index (κ3) is 1.95. The predicted molar refractivity (Wildman–Crippen MR) is 49.5 cm³/mol. The van der Waals surface area contributed by atoms with Gasteiger partial charge in [-0.15, -0.1) is 0 Å². The van der Waals surface area contributed by atoms with E-state index in [0.717, 1.165) is 5.82 Å². The topological polar surface area (TPSA) is 49.2 Å². The number of hydrogen-bond acceptors (Lipinski definition) is 4. The first-order valence-electron chi connectivity index (χ1n) is 4.55. The summed E-state index contributed by atoms with van der Waals surface area (Å²) in [4.78, 5) is 10.3. The number of hydrogen-bond donors (Lipinski definition) is 1. The van der Waals surface area contributed by atoms with Gasteiger partial charge in [-0.2, -0.15) is 0 Å². The van der Waals surface area contributed by atoms with Gasteiger partial charge >= 0.3 is 0 Å². The molecule has 1 heterocycles. The molecule has 0 aliphatic heterocycles. The normalized spacial score (nSPS) is 15.8. The van der Waals surface area contributed by atoms with E-state index in [2.05, 4.69) is 14.9 Å². The Hall–Kier alpha value is -1.16. The third-order valence-corrected chi connectivity index (χ3v) is 2.17. The first-order valence-corrected chi connectivity index (χ1v) is 4.55. The summed E-state index contributed by atoms with van der Waals surface area (Å²) in [7, 11) is 0. The van der Waals surface area contributed by atoms with E-state index in [-0.39, 0.29) is 6.61 Å². The fourth-order valence-electron chi connectivity index (χ4n) is 1.42. The maximum atomic E-state index is 8.88. The van der Waals surface area contributed by atoms with Crippen LogP contribution in [0.3, 0.4) is 0 Å². The van der Waals surface area contributed by atoms with E-state index in [1.807, 2.05) is 0 Å². The maximum Gasteiger partial charge on any atom is 0.147 e. The van der Waals surface area contributed by atoms with Crippen molar-refractivity contribution in [2.24, 2.45) is 0 Å². The van der Waals surface area contributed by atoms with Gasteiger partial charge in [0, 0.05) is 25.0 Å². The molecule has 1 aliphatic rings. The van der Waals surface area contributed by atoms with Gasteiger partial charge in [0.15, 0.2) is 0 Å². The van der Waals surface area contributed by atoms with Crippen LogP contribution in [0.1, 0.15) is 12.8 Å². The lowest BCUT2D eigenvalue weighted by Crippen LogP contribution is -2.29. The molecule has 1 aromatic heterocycles. The van der Waals surface area contributed by atoms with Crippen molar-refractivity contribution in [1.29, 1.82) is 0 Å². The Kier molecular flexibility index (Phi) is 2.40. The zero-order valence-corrected chi connectivity index (χ0v) is 7.43. The summed E-state index contributed by atoms with van der Waals surface area (Å²) in [6, 6.07) is 0.573. The fraction of sp³-hybridized carbons (Fsp3) is 0.556. The van der Waals surface area contributed by atoms with Gasteiger partial charge in [0.25, 0.3) is 0 Å². The van der Waals surface area contributed by atoms with Gasteiger partial charge in [-0.05, 0) is 12.8 Å². The molecule has 4 nitrogen and oxygen atoms in total. The second-order valence-corrected chi connectivity index (χ2v) is 3.21. The highest BCUT2D eigenvalue weighted by Gasteiger charge is 2.29. The van der Waals surface area contributed by atoms with Crippen molar-refractivity contribution >= 4 is 5.82 Å². The van der Waals surface area contributed by atoms with Gasteiger partial charge in [0.05, 0.1) is 12.8 Å². The quantitative estimate of drug-likeness (QED) is 0.728. The standard InChI is InChI=1S/C9H13N3O/c13-6-5-12(8-1-2-8)9-7-10-3-4-11-9/h3-4,7-8,13H,1-2,5-6H2. The van der Waals surface area contributed by atoms with E-state index in [1.165, 1.54) is 12.8 Å². The molecule has 0 radical (unpaired) electrons. The summed E-state index contributed by atoms with van der Waals surface area (Å²) >= 11 is 0. The van der Waals surface area contributed by atoms with Crippen LogP contribution in [0.25, 0.3) is 0 Å². The highest BCUT2D eigenvalue weighted by molar-refractivity contribution is 5.38. The van der Waals surface area contributed by atoms with Crippen molar-refractivity contribution in [2.45, 2.75) is 18.9 Å². The lowest BCUT2D eigenvalue weighted by molar-refractivity contribution is 0.301. The Morgan fingerprint density at radius 2 is 2.31 bits per heavy atom. The highest BCUT2D eigenvalue weighted by atomic mass is 16.3. The van der Waals surface area contributed by atoms with Crippen molar-refractivity contribution in [1.82, 2.24) is 9.97 Å². The van der Waals surface area contributed by atoms with Crippen molar-refractivity contribution in [3.63, 3.8) is 0 Å². The maximum absolute atomic E-state index is 8.88. The molecule has 4 heteroatoms. The zero-order chi connectivity index (χ0) is 9.10. The molecule has 0 spiro atoms. The van der Waals surface area contributed by atoms with Gasteiger partial charge < -0.3 is 10.0 Å². The summed E-state index contributed by atoms with van der Waals surface area (Å²) in [5, 5.41) is 8.88. The number of aliphatic hydroxyl groups excluding tert-OH is 1. The van der Waals surface area contributed by atoms with Crippen LogP contribution in [0.5, 0.6) is 0 Å².